The fourth-order valence-electron chi connectivity index (χ4n) is 3.84. The summed E-state index contributed by atoms with van der Waals surface area (Å²) in [6.45, 7) is 5.47. The average Bonchev–Trinajstić information content (AvgIpc) is 3.52. The van der Waals surface area contributed by atoms with Gasteiger partial charge in [0.1, 0.15) is 18.0 Å². The van der Waals surface area contributed by atoms with Crippen molar-refractivity contribution in [2.75, 3.05) is 26.9 Å². The van der Waals surface area contributed by atoms with Crippen LogP contribution >= 0.6 is 11.3 Å². The van der Waals surface area contributed by atoms with Crippen molar-refractivity contribution in [3.63, 3.8) is 0 Å². The van der Waals surface area contributed by atoms with Crippen LogP contribution in [0.15, 0.2) is 53.4 Å². The molecule has 1 aromatic carbocycles. The van der Waals surface area contributed by atoms with E-state index in [4.69, 9.17) is 14.2 Å². The van der Waals surface area contributed by atoms with Crippen molar-refractivity contribution < 1.29 is 19.0 Å². The first-order chi connectivity index (χ1) is 16.1. The van der Waals surface area contributed by atoms with E-state index in [1.165, 1.54) is 22.2 Å². The van der Waals surface area contributed by atoms with Crippen molar-refractivity contribution in [3.8, 4) is 11.5 Å². The lowest BCUT2D eigenvalue weighted by Crippen LogP contribution is -2.40. The van der Waals surface area contributed by atoms with E-state index in [0.717, 1.165) is 18.4 Å². The minimum absolute atomic E-state index is 0.0137. The number of carbonyl (C=O) groups is 1. The Hall–Kier alpha value is -3.17. The molecule has 4 rings (SSSR count). The Labute approximate surface area is 196 Å². The van der Waals surface area contributed by atoms with Crippen LogP contribution in [0.25, 0.3) is 10.2 Å². The zero-order chi connectivity index (χ0) is 23.2. The van der Waals surface area contributed by atoms with Crippen LogP contribution in [0, 0.1) is 0 Å². The maximum absolute atomic E-state index is 13.3. The first-order valence-corrected chi connectivity index (χ1v) is 11.7. The molecular formula is C24H27N3O5S. The molecule has 1 atom stereocenters. The maximum atomic E-state index is 13.3. The van der Waals surface area contributed by atoms with Gasteiger partial charge in [-0.05, 0) is 42.0 Å². The van der Waals surface area contributed by atoms with Gasteiger partial charge in [0.25, 0.3) is 5.56 Å². The second-order valence-electron chi connectivity index (χ2n) is 7.81. The third kappa shape index (κ3) is 5.43. The molecule has 1 saturated heterocycles. The minimum Gasteiger partial charge on any atom is -0.493 e. The summed E-state index contributed by atoms with van der Waals surface area (Å²) in [5.74, 6) is 1.02. The summed E-state index contributed by atoms with van der Waals surface area (Å²) >= 11 is 1.40. The van der Waals surface area contributed by atoms with Crippen LogP contribution in [-0.4, -0.2) is 53.3 Å². The van der Waals surface area contributed by atoms with Gasteiger partial charge in [0.2, 0.25) is 5.91 Å². The molecule has 1 amide bonds. The van der Waals surface area contributed by atoms with E-state index >= 15 is 0 Å². The average molecular weight is 470 g/mol. The molecule has 1 fully saturated rings. The second kappa shape index (κ2) is 10.6. The van der Waals surface area contributed by atoms with Crippen LogP contribution in [0.2, 0.25) is 0 Å². The summed E-state index contributed by atoms with van der Waals surface area (Å²) in [7, 11) is 1.58. The van der Waals surface area contributed by atoms with Crippen molar-refractivity contribution >= 4 is 27.5 Å². The number of hydrogen-bond acceptors (Lipinski definition) is 7. The van der Waals surface area contributed by atoms with Crippen LogP contribution in [0.1, 0.15) is 18.4 Å². The lowest BCUT2D eigenvalue weighted by molar-refractivity contribution is -0.134. The lowest BCUT2D eigenvalue weighted by Gasteiger charge is -2.26. The Bertz CT molecular complexity index is 1180. The number of methoxy groups -OCH3 is 1. The summed E-state index contributed by atoms with van der Waals surface area (Å²) in [5, 5.41) is 2.35. The summed E-state index contributed by atoms with van der Waals surface area (Å²) in [6.07, 6.45) is 4.98. The molecule has 174 valence electrons. The van der Waals surface area contributed by atoms with E-state index in [9.17, 15) is 9.59 Å². The monoisotopic (exact) mass is 469 g/mol. The number of rotatable bonds is 10. The van der Waals surface area contributed by atoms with Gasteiger partial charge in [0.05, 0.1) is 24.9 Å². The van der Waals surface area contributed by atoms with Gasteiger partial charge in [0.15, 0.2) is 11.5 Å². The van der Waals surface area contributed by atoms with Crippen molar-refractivity contribution in [1.29, 1.82) is 0 Å². The maximum Gasteiger partial charge on any atom is 0.262 e. The molecule has 0 bridgehead atoms. The Morgan fingerprint density at radius 2 is 2.27 bits per heavy atom. The number of ether oxygens (including phenoxy) is 3. The third-order valence-corrected chi connectivity index (χ3v) is 6.34. The van der Waals surface area contributed by atoms with Gasteiger partial charge in [0, 0.05) is 19.7 Å². The van der Waals surface area contributed by atoms with Gasteiger partial charge >= 0.3 is 0 Å². The van der Waals surface area contributed by atoms with Crippen molar-refractivity contribution in [2.24, 2.45) is 0 Å². The molecule has 1 aliphatic rings. The Kier molecular flexibility index (Phi) is 7.41. The molecule has 1 unspecified atom stereocenters. The summed E-state index contributed by atoms with van der Waals surface area (Å²) in [5.41, 5.74) is 0.681. The van der Waals surface area contributed by atoms with Gasteiger partial charge < -0.3 is 19.1 Å². The van der Waals surface area contributed by atoms with Crippen LogP contribution < -0.4 is 15.0 Å². The molecule has 9 heteroatoms. The fraction of sp³-hybridized carbons (Fsp3) is 0.375. The van der Waals surface area contributed by atoms with Crippen LogP contribution in [0.4, 0.5) is 0 Å². The van der Waals surface area contributed by atoms with E-state index in [-0.39, 0.29) is 24.1 Å². The smallest absolute Gasteiger partial charge is 0.262 e. The standard InChI is InChI=1S/C24H27N3O5S/c1-3-9-32-20-7-6-17(12-21(20)30-2)13-26(14-18-5-4-10-31-18)22(28)15-27-16-25-23-19(24(27)29)8-11-33-23/h3,6-8,11-12,16,18H,1,4-5,9-10,13-15H2,2H3. The highest BCUT2D eigenvalue weighted by Crippen LogP contribution is 2.29. The molecule has 33 heavy (non-hydrogen) atoms. The highest BCUT2D eigenvalue weighted by Gasteiger charge is 2.24. The number of benzene rings is 1. The minimum atomic E-state index is -0.211. The molecule has 3 aromatic rings. The third-order valence-electron chi connectivity index (χ3n) is 5.51. The Balaban J connectivity index is 1.55. The number of aromatic nitrogens is 2. The predicted octanol–water partition coefficient (Wildman–Crippen LogP) is 3.24. The number of fused-ring (bicyclic) bond motifs is 1. The molecule has 1 aliphatic heterocycles. The number of amides is 1. The van der Waals surface area contributed by atoms with Crippen molar-refractivity contribution in [1.82, 2.24) is 14.5 Å². The van der Waals surface area contributed by atoms with Gasteiger partial charge in [-0.2, -0.15) is 0 Å². The molecular weight excluding hydrogens is 442 g/mol. The van der Waals surface area contributed by atoms with Crippen molar-refractivity contribution in [2.45, 2.75) is 32.0 Å². The van der Waals surface area contributed by atoms with E-state index in [1.807, 2.05) is 23.6 Å². The largest absolute Gasteiger partial charge is 0.493 e. The fourth-order valence-corrected chi connectivity index (χ4v) is 4.56. The molecule has 0 spiro atoms. The zero-order valence-electron chi connectivity index (χ0n) is 18.6. The van der Waals surface area contributed by atoms with E-state index in [2.05, 4.69) is 11.6 Å². The first-order valence-electron chi connectivity index (χ1n) is 10.8. The number of thiophene rings is 1. The van der Waals surface area contributed by atoms with Crippen LogP contribution in [0.5, 0.6) is 11.5 Å². The molecule has 2 aromatic heterocycles. The second-order valence-corrected chi connectivity index (χ2v) is 8.71. The van der Waals surface area contributed by atoms with Gasteiger partial charge in [-0.3, -0.25) is 14.2 Å². The number of carbonyl (C=O) groups excluding carboxylic acids is 1. The van der Waals surface area contributed by atoms with Crippen molar-refractivity contribution in [3.05, 3.63) is 64.5 Å². The van der Waals surface area contributed by atoms with Gasteiger partial charge in [-0.15, -0.1) is 11.3 Å². The number of nitrogens with zero attached hydrogens (tertiary/aromatic N) is 3. The SMILES string of the molecule is C=CCOc1ccc(CN(CC2CCCO2)C(=O)Cn2cnc3sccc3c2=O)cc1OC. The van der Waals surface area contributed by atoms with E-state index in [0.29, 0.717) is 48.0 Å². The Morgan fingerprint density at radius 1 is 1.39 bits per heavy atom. The molecule has 0 aliphatic carbocycles. The number of hydrogen-bond donors (Lipinski definition) is 0. The van der Waals surface area contributed by atoms with E-state index < -0.39 is 0 Å². The normalized spacial score (nSPS) is 15.5. The zero-order valence-corrected chi connectivity index (χ0v) is 19.4. The predicted molar refractivity (Wildman–Crippen MR) is 127 cm³/mol. The summed E-state index contributed by atoms with van der Waals surface area (Å²) < 4.78 is 18.2. The first kappa shape index (κ1) is 23.0. The highest BCUT2D eigenvalue weighted by atomic mass is 32.1. The quantitative estimate of drug-likeness (QED) is 0.424. The Morgan fingerprint density at radius 3 is 3.03 bits per heavy atom. The molecule has 3 heterocycles. The highest BCUT2D eigenvalue weighted by molar-refractivity contribution is 7.16. The summed E-state index contributed by atoms with van der Waals surface area (Å²) in [6, 6.07) is 7.33. The van der Waals surface area contributed by atoms with Gasteiger partial charge in [-0.25, -0.2) is 4.98 Å². The lowest BCUT2D eigenvalue weighted by atomic mass is 10.1. The van der Waals surface area contributed by atoms with Crippen LogP contribution in [0.3, 0.4) is 0 Å². The van der Waals surface area contributed by atoms with Crippen LogP contribution in [-0.2, 0) is 22.6 Å². The molecule has 0 N–H and O–H groups in total. The molecule has 0 saturated carbocycles. The molecule has 0 radical (unpaired) electrons. The topological polar surface area (TPSA) is 82.9 Å². The van der Waals surface area contributed by atoms with E-state index in [1.54, 1.807) is 24.2 Å². The van der Waals surface area contributed by atoms with Gasteiger partial charge in [-0.1, -0.05) is 18.7 Å². The molecule has 8 nitrogen and oxygen atoms in total. The summed E-state index contributed by atoms with van der Waals surface area (Å²) in [4.78, 5) is 32.8.